The Bertz CT molecular complexity index is 629. The Morgan fingerprint density at radius 2 is 2.06 bits per heavy atom. The smallest absolute Gasteiger partial charge is 0.352 e. The van der Waals surface area contributed by atoms with Gasteiger partial charge < -0.3 is 15.8 Å². The maximum absolute atomic E-state index is 12.2. The molecular weight excluding hydrogens is 232 g/mol. The van der Waals surface area contributed by atoms with Crippen LogP contribution in [0, 0.1) is 6.92 Å². The minimum Gasteiger partial charge on any atom is -0.477 e. The molecule has 0 fully saturated rings. The molecule has 1 aromatic carbocycles. The molecule has 0 unspecified atom stereocenters. The maximum Gasteiger partial charge on any atom is 0.352 e. The van der Waals surface area contributed by atoms with E-state index in [1.165, 1.54) is 12.3 Å². The Kier molecular flexibility index (Phi) is 2.89. The number of carbonyl (C=O) groups is 2. The lowest BCUT2D eigenvalue weighted by Gasteiger charge is -2.05. The van der Waals surface area contributed by atoms with Crippen molar-refractivity contribution in [1.82, 2.24) is 4.98 Å². The van der Waals surface area contributed by atoms with Crippen LogP contribution < -0.4 is 5.73 Å². The van der Waals surface area contributed by atoms with Crippen molar-refractivity contribution in [3.05, 3.63) is 52.8 Å². The number of H-pyrrole nitrogens is 1. The van der Waals surface area contributed by atoms with Gasteiger partial charge in [-0.2, -0.15) is 0 Å². The summed E-state index contributed by atoms with van der Waals surface area (Å²) in [5.74, 6) is -1.35. The molecule has 0 saturated heterocycles. The van der Waals surface area contributed by atoms with Gasteiger partial charge >= 0.3 is 5.97 Å². The largest absolute Gasteiger partial charge is 0.477 e. The molecule has 2 aromatic rings. The number of aromatic amines is 1. The van der Waals surface area contributed by atoms with Crippen LogP contribution in [0.2, 0.25) is 0 Å². The molecule has 0 spiro atoms. The number of hydrogen-bond acceptors (Lipinski definition) is 3. The minimum absolute atomic E-state index is 0.0140. The molecule has 0 amide bonds. The van der Waals surface area contributed by atoms with Gasteiger partial charge in [-0.3, -0.25) is 4.79 Å². The van der Waals surface area contributed by atoms with Gasteiger partial charge in [0.2, 0.25) is 0 Å². The lowest BCUT2D eigenvalue weighted by molar-refractivity contribution is 0.0691. The van der Waals surface area contributed by atoms with Gasteiger partial charge in [-0.25, -0.2) is 4.79 Å². The molecule has 0 aliphatic rings. The number of nitrogens with one attached hydrogen (secondary N) is 1. The van der Waals surface area contributed by atoms with Crippen LogP contribution in [-0.4, -0.2) is 21.8 Å². The van der Waals surface area contributed by atoms with Crippen LogP contribution >= 0.6 is 0 Å². The summed E-state index contributed by atoms with van der Waals surface area (Å²) in [7, 11) is 0. The van der Waals surface area contributed by atoms with E-state index in [9.17, 15) is 9.59 Å². The van der Waals surface area contributed by atoms with Gasteiger partial charge in [-0.05, 0) is 24.6 Å². The molecule has 0 aliphatic carbocycles. The SMILES string of the molecule is Cc1c(N)cccc1C(=O)c1c[nH]c(C(=O)O)c1. The number of nitrogen functional groups attached to an aromatic ring is 1. The van der Waals surface area contributed by atoms with Crippen molar-refractivity contribution in [2.45, 2.75) is 6.92 Å². The van der Waals surface area contributed by atoms with Gasteiger partial charge in [-0.15, -0.1) is 0 Å². The van der Waals surface area contributed by atoms with E-state index < -0.39 is 5.97 Å². The second kappa shape index (κ2) is 4.37. The summed E-state index contributed by atoms with van der Waals surface area (Å²) in [5, 5.41) is 8.79. The number of rotatable bonds is 3. The van der Waals surface area contributed by atoms with Crippen LogP contribution in [0.25, 0.3) is 0 Å². The predicted molar refractivity (Wildman–Crippen MR) is 66.8 cm³/mol. The van der Waals surface area contributed by atoms with Gasteiger partial charge in [0.1, 0.15) is 5.69 Å². The van der Waals surface area contributed by atoms with Crippen molar-refractivity contribution in [2.24, 2.45) is 0 Å². The van der Waals surface area contributed by atoms with Crippen LogP contribution in [0.3, 0.4) is 0 Å². The summed E-state index contributed by atoms with van der Waals surface area (Å²) in [6, 6.07) is 6.39. The summed E-state index contributed by atoms with van der Waals surface area (Å²) < 4.78 is 0. The van der Waals surface area contributed by atoms with Crippen LogP contribution in [0.1, 0.15) is 32.0 Å². The second-order valence-corrected chi connectivity index (χ2v) is 3.96. The molecule has 18 heavy (non-hydrogen) atoms. The summed E-state index contributed by atoms with van der Waals surface area (Å²) in [5.41, 5.74) is 7.74. The van der Waals surface area contributed by atoms with E-state index in [2.05, 4.69) is 4.98 Å². The molecule has 4 N–H and O–H groups in total. The van der Waals surface area contributed by atoms with Gasteiger partial charge in [0.15, 0.2) is 5.78 Å². The third-order valence-electron chi connectivity index (χ3n) is 2.80. The summed E-state index contributed by atoms with van der Waals surface area (Å²) in [6.07, 6.45) is 1.38. The van der Waals surface area contributed by atoms with E-state index >= 15 is 0 Å². The monoisotopic (exact) mass is 244 g/mol. The third-order valence-corrected chi connectivity index (χ3v) is 2.80. The number of benzene rings is 1. The van der Waals surface area contributed by atoms with Crippen molar-refractivity contribution in [3.63, 3.8) is 0 Å². The van der Waals surface area contributed by atoms with E-state index in [0.29, 0.717) is 22.4 Å². The van der Waals surface area contributed by atoms with Gasteiger partial charge in [-0.1, -0.05) is 12.1 Å². The number of nitrogens with two attached hydrogens (primary N) is 1. The number of hydrogen-bond donors (Lipinski definition) is 3. The first kappa shape index (κ1) is 11.9. The number of anilines is 1. The quantitative estimate of drug-likeness (QED) is 0.567. The zero-order valence-corrected chi connectivity index (χ0v) is 9.73. The van der Waals surface area contributed by atoms with E-state index in [0.717, 1.165) is 0 Å². The molecule has 0 aliphatic heterocycles. The molecular formula is C13H12N2O3. The third kappa shape index (κ3) is 1.98. The zero-order chi connectivity index (χ0) is 13.3. The first-order chi connectivity index (χ1) is 8.50. The topological polar surface area (TPSA) is 96.2 Å². The predicted octanol–water partition coefficient (Wildman–Crippen LogP) is 1.83. The Labute approximate surface area is 103 Å². The average molecular weight is 244 g/mol. The molecule has 1 aromatic heterocycles. The molecule has 5 nitrogen and oxygen atoms in total. The van der Waals surface area contributed by atoms with Crippen LogP contribution in [0.4, 0.5) is 5.69 Å². The summed E-state index contributed by atoms with van der Waals surface area (Å²) >= 11 is 0. The van der Waals surface area contributed by atoms with Crippen LogP contribution in [0.5, 0.6) is 0 Å². The van der Waals surface area contributed by atoms with Gasteiger partial charge in [0.05, 0.1) is 0 Å². The highest BCUT2D eigenvalue weighted by Gasteiger charge is 2.16. The standard InChI is InChI=1S/C13H12N2O3/c1-7-9(3-2-4-10(7)14)12(16)8-5-11(13(17)18)15-6-8/h2-6,15H,14H2,1H3,(H,17,18). The van der Waals surface area contributed by atoms with E-state index in [-0.39, 0.29) is 11.5 Å². The lowest BCUT2D eigenvalue weighted by Crippen LogP contribution is -2.04. The Morgan fingerprint density at radius 3 is 2.67 bits per heavy atom. The molecule has 0 saturated carbocycles. The van der Waals surface area contributed by atoms with E-state index in [4.69, 9.17) is 10.8 Å². The van der Waals surface area contributed by atoms with Crippen molar-refractivity contribution in [1.29, 1.82) is 0 Å². The van der Waals surface area contributed by atoms with Crippen molar-refractivity contribution < 1.29 is 14.7 Å². The van der Waals surface area contributed by atoms with Crippen LogP contribution in [-0.2, 0) is 0 Å². The van der Waals surface area contributed by atoms with Crippen molar-refractivity contribution in [3.8, 4) is 0 Å². The fourth-order valence-electron chi connectivity index (χ4n) is 1.70. The summed E-state index contributed by atoms with van der Waals surface area (Å²) in [4.78, 5) is 25.5. The van der Waals surface area contributed by atoms with Gasteiger partial charge in [0.25, 0.3) is 0 Å². The van der Waals surface area contributed by atoms with Crippen molar-refractivity contribution >= 4 is 17.4 Å². The highest BCUT2D eigenvalue weighted by Crippen LogP contribution is 2.19. The van der Waals surface area contributed by atoms with Gasteiger partial charge in [0, 0.05) is 23.0 Å². The fraction of sp³-hybridized carbons (Fsp3) is 0.0769. The number of aromatic carboxylic acids is 1. The Balaban J connectivity index is 2.41. The molecule has 0 radical (unpaired) electrons. The number of carboxylic acid groups (broad SMARTS) is 1. The molecule has 2 rings (SSSR count). The Morgan fingerprint density at radius 1 is 1.33 bits per heavy atom. The fourth-order valence-corrected chi connectivity index (χ4v) is 1.70. The van der Waals surface area contributed by atoms with Crippen LogP contribution in [0.15, 0.2) is 30.5 Å². The summed E-state index contributed by atoms with van der Waals surface area (Å²) in [6.45, 7) is 1.76. The first-order valence-electron chi connectivity index (χ1n) is 5.32. The number of ketones is 1. The minimum atomic E-state index is -1.10. The average Bonchev–Trinajstić information content (AvgIpc) is 2.81. The lowest BCUT2D eigenvalue weighted by atomic mass is 9.99. The molecule has 92 valence electrons. The van der Waals surface area contributed by atoms with E-state index in [1.54, 1.807) is 25.1 Å². The molecule has 0 atom stereocenters. The van der Waals surface area contributed by atoms with Crippen molar-refractivity contribution in [2.75, 3.05) is 5.73 Å². The number of carbonyl (C=O) groups excluding carboxylic acids is 1. The zero-order valence-electron chi connectivity index (χ0n) is 9.73. The first-order valence-corrected chi connectivity index (χ1v) is 5.32. The number of aromatic nitrogens is 1. The highest BCUT2D eigenvalue weighted by atomic mass is 16.4. The highest BCUT2D eigenvalue weighted by molar-refractivity contribution is 6.11. The number of carboxylic acids is 1. The Hall–Kier alpha value is -2.56. The maximum atomic E-state index is 12.2. The molecule has 0 bridgehead atoms. The molecule has 5 heteroatoms. The second-order valence-electron chi connectivity index (χ2n) is 3.96. The van der Waals surface area contributed by atoms with E-state index in [1.807, 2.05) is 0 Å². The molecule has 1 heterocycles. The normalized spacial score (nSPS) is 10.3.